The maximum atomic E-state index is 11.5. The predicted molar refractivity (Wildman–Crippen MR) is 86.8 cm³/mol. The van der Waals surface area contributed by atoms with E-state index in [9.17, 15) is 10.1 Å². The SMILES string of the molecule is CC1CN(c2nc(N3CCCC3)nc(N)c2[N+](=O)[O-])CC(C)O1. The van der Waals surface area contributed by atoms with Gasteiger partial charge in [-0.3, -0.25) is 10.1 Å². The van der Waals surface area contributed by atoms with Gasteiger partial charge in [0.25, 0.3) is 0 Å². The van der Waals surface area contributed by atoms with E-state index in [1.165, 1.54) is 0 Å². The lowest BCUT2D eigenvalue weighted by molar-refractivity contribution is -0.383. The van der Waals surface area contributed by atoms with Crippen LogP contribution in [-0.4, -0.2) is 53.3 Å². The molecule has 2 N–H and O–H groups in total. The van der Waals surface area contributed by atoms with E-state index in [4.69, 9.17) is 10.5 Å². The number of morpholine rings is 1. The Hall–Kier alpha value is -2.16. The van der Waals surface area contributed by atoms with E-state index >= 15 is 0 Å². The zero-order chi connectivity index (χ0) is 16.6. The summed E-state index contributed by atoms with van der Waals surface area (Å²) >= 11 is 0. The number of nitrogens with zero attached hydrogens (tertiary/aromatic N) is 5. The first-order chi connectivity index (χ1) is 11.0. The Bertz CT molecular complexity index is 594. The van der Waals surface area contributed by atoms with Gasteiger partial charge in [0, 0.05) is 26.2 Å². The van der Waals surface area contributed by atoms with Gasteiger partial charge in [0.1, 0.15) is 0 Å². The summed E-state index contributed by atoms with van der Waals surface area (Å²) in [7, 11) is 0. The van der Waals surface area contributed by atoms with Crippen LogP contribution in [0.3, 0.4) is 0 Å². The molecule has 1 aromatic rings. The first-order valence-corrected chi connectivity index (χ1v) is 7.93. The zero-order valence-corrected chi connectivity index (χ0v) is 13.4. The Balaban J connectivity index is 2.02. The molecule has 2 atom stereocenters. The number of rotatable bonds is 3. The summed E-state index contributed by atoms with van der Waals surface area (Å²) in [6.07, 6.45) is 2.09. The second-order valence-electron chi connectivity index (χ2n) is 6.19. The van der Waals surface area contributed by atoms with Gasteiger partial charge in [0.05, 0.1) is 17.1 Å². The molecule has 0 bridgehead atoms. The van der Waals surface area contributed by atoms with Crippen LogP contribution in [0.25, 0.3) is 0 Å². The number of aromatic nitrogens is 2. The second kappa shape index (κ2) is 6.15. The third kappa shape index (κ3) is 3.14. The lowest BCUT2D eigenvalue weighted by atomic mass is 10.2. The molecule has 3 rings (SSSR count). The van der Waals surface area contributed by atoms with Crippen molar-refractivity contribution in [3.05, 3.63) is 10.1 Å². The fraction of sp³-hybridized carbons (Fsp3) is 0.714. The molecule has 0 saturated carbocycles. The van der Waals surface area contributed by atoms with Crippen LogP contribution in [0.2, 0.25) is 0 Å². The molecule has 2 unspecified atom stereocenters. The minimum absolute atomic E-state index is 0.0234. The lowest BCUT2D eigenvalue weighted by Crippen LogP contribution is -2.46. The number of nitrogen functional groups attached to an aromatic ring is 1. The quantitative estimate of drug-likeness (QED) is 0.652. The fourth-order valence-corrected chi connectivity index (χ4v) is 3.25. The summed E-state index contributed by atoms with van der Waals surface area (Å²) in [5.41, 5.74) is 5.68. The normalized spacial score (nSPS) is 25.0. The third-order valence-electron chi connectivity index (χ3n) is 4.17. The number of hydrogen-bond donors (Lipinski definition) is 1. The largest absolute Gasteiger partial charge is 0.378 e. The first-order valence-electron chi connectivity index (χ1n) is 7.93. The molecule has 2 fully saturated rings. The van der Waals surface area contributed by atoms with Crippen molar-refractivity contribution < 1.29 is 9.66 Å². The Morgan fingerprint density at radius 3 is 2.35 bits per heavy atom. The summed E-state index contributed by atoms with van der Waals surface area (Å²) in [6.45, 7) is 6.68. The van der Waals surface area contributed by atoms with Crippen LogP contribution < -0.4 is 15.5 Å². The van der Waals surface area contributed by atoms with Crippen molar-refractivity contribution in [1.82, 2.24) is 9.97 Å². The highest BCUT2D eigenvalue weighted by Crippen LogP contribution is 2.34. The molecule has 0 spiro atoms. The van der Waals surface area contributed by atoms with Crippen LogP contribution in [0, 0.1) is 10.1 Å². The molecule has 0 radical (unpaired) electrons. The summed E-state index contributed by atoms with van der Waals surface area (Å²) in [4.78, 5) is 23.5. The maximum Gasteiger partial charge on any atom is 0.353 e. The molecule has 2 aliphatic rings. The average molecular weight is 322 g/mol. The van der Waals surface area contributed by atoms with Crippen molar-refractivity contribution >= 4 is 23.3 Å². The van der Waals surface area contributed by atoms with Gasteiger partial charge in [-0.2, -0.15) is 9.97 Å². The van der Waals surface area contributed by atoms with Crippen LogP contribution in [0.15, 0.2) is 0 Å². The van der Waals surface area contributed by atoms with E-state index < -0.39 is 4.92 Å². The van der Waals surface area contributed by atoms with Gasteiger partial charge >= 0.3 is 5.69 Å². The molecule has 0 aliphatic carbocycles. The van der Waals surface area contributed by atoms with Crippen molar-refractivity contribution in [2.24, 2.45) is 0 Å². The lowest BCUT2D eigenvalue weighted by Gasteiger charge is -2.36. The van der Waals surface area contributed by atoms with Crippen molar-refractivity contribution in [2.45, 2.75) is 38.9 Å². The van der Waals surface area contributed by atoms with E-state index in [0.29, 0.717) is 24.9 Å². The van der Waals surface area contributed by atoms with Crippen LogP contribution in [0.5, 0.6) is 0 Å². The topological polar surface area (TPSA) is 111 Å². The highest BCUT2D eigenvalue weighted by atomic mass is 16.6. The van der Waals surface area contributed by atoms with E-state index in [0.717, 1.165) is 25.9 Å². The van der Waals surface area contributed by atoms with Gasteiger partial charge < -0.3 is 20.3 Å². The van der Waals surface area contributed by atoms with Gasteiger partial charge in [0.2, 0.25) is 17.6 Å². The molecular formula is C14H22N6O3. The first kappa shape index (κ1) is 15.7. The van der Waals surface area contributed by atoms with Crippen molar-refractivity contribution in [1.29, 1.82) is 0 Å². The van der Waals surface area contributed by atoms with Crippen molar-refractivity contribution in [3.8, 4) is 0 Å². The monoisotopic (exact) mass is 322 g/mol. The molecule has 1 aromatic heterocycles. The molecule has 126 valence electrons. The highest BCUT2D eigenvalue weighted by Gasteiger charge is 2.33. The fourth-order valence-electron chi connectivity index (χ4n) is 3.25. The summed E-state index contributed by atoms with van der Waals surface area (Å²) in [5, 5.41) is 11.5. The van der Waals surface area contributed by atoms with E-state index in [2.05, 4.69) is 9.97 Å². The van der Waals surface area contributed by atoms with Gasteiger partial charge in [0.15, 0.2) is 0 Å². The number of ether oxygens (including phenoxy) is 1. The van der Waals surface area contributed by atoms with E-state index in [-0.39, 0.29) is 23.7 Å². The number of nitro groups is 1. The van der Waals surface area contributed by atoms with Crippen LogP contribution in [0.1, 0.15) is 26.7 Å². The number of nitrogens with two attached hydrogens (primary N) is 1. The summed E-state index contributed by atoms with van der Waals surface area (Å²) in [5.74, 6) is 0.701. The minimum atomic E-state index is -0.497. The minimum Gasteiger partial charge on any atom is -0.378 e. The van der Waals surface area contributed by atoms with Crippen molar-refractivity contribution in [2.75, 3.05) is 41.7 Å². The summed E-state index contributed by atoms with van der Waals surface area (Å²) in [6, 6.07) is 0. The molecule has 9 heteroatoms. The van der Waals surface area contributed by atoms with Crippen LogP contribution in [-0.2, 0) is 4.74 Å². The Labute approximate surface area is 134 Å². The molecule has 2 aliphatic heterocycles. The van der Waals surface area contributed by atoms with Gasteiger partial charge in [-0.05, 0) is 26.7 Å². The Morgan fingerprint density at radius 2 is 1.78 bits per heavy atom. The maximum absolute atomic E-state index is 11.5. The Kier molecular flexibility index (Phi) is 4.20. The smallest absolute Gasteiger partial charge is 0.353 e. The zero-order valence-electron chi connectivity index (χ0n) is 13.4. The molecule has 0 amide bonds. The van der Waals surface area contributed by atoms with E-state index in [1.807, 2.05) is 23.6 Å². The highest BCUT2D eigenvalue weighted by molar-refractivity contribution is 5.71. The molecular weight excluding hydrogens is 300 g/mol. The van der Waals surface area contributed by atoms with Gasteiger partial charge in [-0.15, -0.1) is 0 Å². The molecule has 3 heterocycles. The van der Waals surface area contributed by atoms with Crippen LogP contribution >= 0.6 is 0 Å². The average Bonchev–Trinajstić information content (AvgIpc) is 2.99. The van der Waals surface area contributed by atoms with Crippen molar-refractivity contribution in [3.63, 3.8) is 0 Å². The molecule has 2 saturated heterocycles. The predicted octanol–water partition coefficient (Wildman–Crippen LogP) is 1.18. The molecule has 9 nitrogen and oxygen atoms in total. The number of hydrogen-bond acceptors (Lipinski definition) is 8. The summed E-state index contributed by atoms with van der Waals surface area (Å²) < 4.78 is 5.70. The second-order valence-corrected chi connectivity index (χ2v) is 6.19. The standard InChI is InChI=1S/C14H22N6O3/c1-9-7-19(8-10(2)23-9)13-11(20(21)22)12(15)16-14(17-13)18-5-3-4-6-18/h9-10H,3-8H2,1-2H3,(H2,15,16,17). The van der Waals surface area contributed by atoms with Crippen LogP contribution in [0.4, 0.5) is 23.3 Å². The Morgan fingerprint density at radius 1 is 1.17 bits per heavy atom. The molecule has 0 aromatic carbocycles. The number of anilines is 3. The third-order valence-corrected chi connectivity index (χ3v) is 4.17. The van der Waals surface area contributed by atoms with Gasteiger partial charge in [-0.25, -0.2) is 0 Å². The molecule has 23 heavy (non-hydrogen) atoms. The van der Waals surface area contributed by atoms with Gasteiger partial charge in [-0.1, -0.05) is 0 Å². The van der Waals surface area contributed by atoms with E-state index in [1.54, 1.807) is 0 Å².